The molecule has 4 N–H and O–H groups in total. The van der Waals surface area contributed by atoms with Crippen molar-refractivity contribution in [3.05, 3.63) is 0 Å². The zero-order valence-corrected chi connectivity index (χ0v) is 16.7. The molecule has 26 heavy (non-hydrogen) atoms. The van der Waals surface area contributed by atoms with Crippen molar-refractivity contribution in [2.75, 3.05) is 45.8 Å². The van der Waals surface area contributed by atoms with Gasteiger partial charge in [0.25, 0.3) is 0 Å². The van der Waals surface area contributed by atoms with Crippen molar-refractivity contribution in [3.63, 3.8) is 0 Å². The summed E-state index contributed by atoms with van der Waals surface area (Å²) in [5.41, 5.74) is 5.19. The van der Waals surface area contributed by atoms with Gasteiger partial charge in [-0.1, -0.05) is 19.3 Å². The van der Waals surface area contributed by atoms with E-state index in [1.54, 1.807) is 4.90 Å². The highest BCUT2D eigenvalue weighted by molar-refractivity contribution is 5.86. The summed E-state index contributed by atoms with van der Waals surface area (Å²) < 4.78 is 0. The van der Waals surface area contributed by atoms with Crippen LogP contribution in [0.3, 0.4) is 0 Å². The van der Waals surface area contributed by atoms with E-state index in [-0.39, 0.29) is 55.6 Å². The zero-order chi connectivity index (χ0) is 17.4. The molecule has 8 nitrogen and oxygen atoms in total. The largest absolute Gasteiger partial charge is 0.352 e. The normalized spacial score (nSPS) is 18.3. The molecule has 0 atom stereocenters. The average Bonchev–Trinajstić information content (AvgIpc) is 2.60. The smallest absolute Gasteiger partial charge is 0.242 e. The lowest BCUT2D eigenvalue weighted by atomic mass is 9.95. The third kappa shape index (κ3) is 8.53. The lowest BCUT2D eigenvalue weighted by Gasteiger charge is -2.34. The van der Waals surface area contributed by atoms with E-state index in [9.17, 15) is 14.4 Å². The Labute approximate surface area is 167 Å². The number of nitrogens with zero attached hydrogens (tertiary/aromatic N) is 2. The average molecular weight is 412 g/mol. The highest BCUT2D eigenvalue weighted by Crippen LogP contribution is 2.17. The monoisotopic (exact) mass is 411 g/mol. The fourth-order valence-corrected chi connectivity index (χ4v) is 3.24. The van der Waals surface area contributed by atoms with Gasteiger partial charge in [0, 0.05) is 32.2 Å². The molecule has 0 radical (unpaired) electrons. The van der Waals surface area contributed by atoms with Crippen LogP contribution in [0.15, 0.2) is 0 Å². The van der Waals surface area contributed by atoms with Crippen LogP contribution in [-0.2, 0) is 14.4 Å². The van der Waals surface area contributed by atoms with E-state index in [1.165, 1.54) is 19.3 Å². The van der Waals surface area contributed by atoms with E-state index in [0.717, 1.165) is 12.8 Å². The van der Waals surface area contributed by atoms with E-state index >= 15 is 0 Å². The summed E-state index contributed by atoms with van der Waals surface area (Å²) in [6.45, 7) is 2.77. The van der Waals surface area contributed by atoms with Gasteiger partial charge in [-0.3, -0.25) is 19.3 Å². The molecule has 1 heterocycles. The predicted molar refractivity (Wildman–Crippen MR) is 105 cm³/mol. The molecule has 1 aliphatic heterocycles. The van der Waals surface area contributed by atoms with Crippen LogP contribution in [0.5, 0.6) is 0 Å². The molecule has 2 aliphatic rings. The van der Waals surface area contributed by atoms with Crippen molar-refractivity contribution in [3.8, 4) is 0 Å². The quantitative estimate of drug-likeness (QED) is 0.545. The number of amides is 3. The van der Waals surface area contributed by atoms with Crippen LogP contribution in [-0.4, -0.2) is 79.4 Å². The molecule has 0 unspecified atom stereocenters. The predicted octanol–water partition coefficient (Wildman–Crippen LogP) is -0.502. The molecule has 0 aromatic carbocycles. The fraction of sp³-hybridized carbons (Fsp3) is 0.812. The minimum Gasteiger partial charge on any atom is -0.352 e. The molecule has 1 aliphatic carbocycles. The first-order chi connectivity index (χ1) is 11.6. The van der Waals surface area contributed by atoms with Gasteiger partial charge in [-0.25, -0.2) is 0 Å². The molecule has 0 aromatic heterocycles. The van der Waals surface area contributed by atoms with Crippen molar-refractivity contribution in [1.29, 1.82) is 0 Å². The Balaban J connectivity index is 0.00000312. The molecular weight excluding hydrogens is 381 g/mol. The number of rotatable bonds is 6. The Kier molecular flexibility index (Phi) is 12.6. The van der Waals surface area contributed by atoms with Crippen molar-refractivity contribution in [2.24, 2.45) is 5.73 Å². The van der Waals surface area contributed by atoms with E-state index < -0.39 is 0 Å². The molecule has 3 amide bonds. The van der Waals surface area contributed by atoms with Crippen LogP contribution in [0, 0.1) is 0 Å². The minimum absolute atomic E-state index is 0. The highest BCUT2D eigenvalue weighted by Gasteiger charge is 2.23. The van der Waals surface area contributed by atoms with Crippen molar-refractivity contribution < 1.29 is 14.4 Å². The molecule has 0 spiro atoms. The number of carbonyl (C=O) groups is 3. The summed E-state index contributed by atoms with van der Waals surface area (Å²) in [5.74, 6) is -0.360. The first-order valence-corrected chi connectivity index (χ1v) is 8.84. The van der Waals surface area contributed by atoms with Gasteiger partial charge in [0.2, 0.25) is 17.7 Å². The topological polar surface area (TPSA) is 108 Å². The molecule has 0 aromatic rings. The molecule has 152 valence electrons. The Morgan fingerprint density at radius 2 is 1.54 bits per heavy atom. The summed E-state index contributed by atoms with van der Waals surface area (Å²) in [5, 5.41) is 5.60. The minimum atomic E-state index is -0.332. The maximum absolute atomic E-state index is 12.1. The van der Waals surface area contributed by atoms with Gasteiger partial charge >= 0.3 is 0 Å². The van der Waals surface area contributed by atoms with Gasteiger partial charge in [0.05, 0.1) is 19.6 Å². The van der Waals surface area contributed by atoms with Crippen molar-refractivity contribution in [1.82, 2.24) is 20.4 Å². The van der Waals surface area contributed by atoms with Gasteiger partial charge in [0.1, 0.15) is 0 Å². The van der Waals surface area contributed by atoms with E-state index in [2.05, 4.69) is 15.5 Å². The summed E-state index contributed by atoms with van der Waals surface area (Å²) in [6, 6.07) is 0.334. The molecule has 1 saturated heterocycles. The second-order valence-corrected chi connectivity index (χ2v) is 6.54. The molecule has 0 bridgehead atoms. The van der Waals surface area contributed by atoms with Crippen LogP contribution in [0.2, 0.25) is 0 Å². The van der Waals surface area contributed by atoms with Gasteiger partial charge in [0.15, 0.2) is 0 Å². The Hall–Kier alpha value is -1.09. The molecule has 2 rings (SSSR count). The lowest BCUT2D eigenvalue weighted by molar-refractivity contribution is -0.134. The third-order valence-corrected chi connectivity index (χ3v) is 4.68. The summed E-state index contributed by atoms with van der Waals surface area (Å²) in [4.78, 5) is 39.0. The van der Waals surface area contributed by atoms with E-state index in [1.807, 2.05) is 0 Å². The van der Waals surface area contributed by atoms with Crippen molar-refractivity contribution >= 4 is 42.5 Å². The molecule has 1 saturated carbocycles. The second kappa shape index (κ2) is 13.1. The van der Waals surface area contributed by atoms with E-state index in [4.69, 9.17) is 5.73 Å². The van der Waals surface area contributed by atoms with Gasteiger partial charge < -0.3 is 21.3 Å². The first kappa shape index (κ1) is 24.9. The molecule has 10 heteroatoms. The Morgan fingerprint density at radius 1 is 0.923 bits per heavy atom. The SMILES string of the molecule is Cl.Cl.NCC(=O)NCC(=O)N1CCN(CC(=O)NC2CCCCC2)CC1. The lowest BCUT2D eigenvalue weighted by Crippen LogP contribution is -2.53. The maximum Gasteiger partial charge on any atom is 0.242 e. The van der Waals surface area contributed by atoms with Crippen LogP contribution >= 0.6 is 24.8 Å². The number of nitrogens with one attached hydrogen (secondary N) is 2. The summed E-state index contributed by atoms with van der Waals surface area (Å²) >= 11 is 0. The Bertz CT molecular complexity index is 453. The maximum atomic E-state index is 12.1. The highest BCUT2D eigenvalue weighted by atomic mass is 35.5. The number of hydrogen-bond acceptors (Lipinski definition) is 5. The van der Waals surface area contributed by atoms with Crippen LogP contribution < -0.4 is 16.4 Å². The van der Waals surface area contributed by atoms with Gasteiger partial charge in [-0.2, -0.15) is 0 Å². The standard InChI is InChI=1S/C16H29N5O3.2ClH/c17-10-14(22)18-11-16(24)21-8-6-20(7-9-21)12-15(23)19-13-4-2-1-3-5-13;;/h13H,1-12,17H2,(H,18,22)(H,19,23);2*1H. The summed E-state index contributed by atoms with van der Waals surface area (Å²) in [6.07, 6.45) is 5.85. The number of hydrogen-bond donors (Lipinski definition) is 3. The molecule has 2 fully saturated rings. The van der Waals surface area contributed by atoms with Crippen molar-refractivity contribution in [2.45, 2.75) is 38.1 Å². The Morgan fingerprint density at radius 3 is 2.12 bits per heavy atom. The van der Waals surface area contributed by atoms with Crippen LogP contribution in [0.25, 0.3) is 0 Å². The summed E-state index contributed by atoms with van der Waals surface area (Å²) in [7, 11) is 0. The number of nitrogens with two attached hydrogens (primary N) is 1. The first-order valence-electron chi connectivity index (χ1n) is 8.84. The number of halogens is 2. The van der Waals surface area contributed by atoms with Gasteiger partial charge in [-0.05, 0) is 12.8 Å². The third-order valence-electron chi connectivity index (χ3n) is 4.68. The molecular formula is C16H31Cl2N5O3. The number of carbonyl (C=O) groups excluding carboxylic acids is 3. The second-order valence-electron chi connectivity index (χ2n) is 6.54. The van der Waals surface area contributed by atoms with E-state index in [0.29, 0.717) is 38.8 Å². The van der Waals surface area contributed by atoms with Gasteiger partial charge in [-0.15, -0.1) is 24.8 Å². The zero-order valence-electron chi connectivity index (χ0n) is 15.1. The fourth-order valence-electron chi connectivity index (χ4n) is 3.24. The van der Waals surface area contributed by atoms with Crippen LogP contribution in [0.4, 0.5) is 0 Å². The van der Waals surface area contributed by atoms with Crippen LogP contribution in [0.1, 0.15) is 32.1 Å². The number of piperazine rings is 1.